The number of ether oxygens (including phenoxy) is 1. The summed E-state index contributed by atoms with van der Waals surface area (Å²) >= 11 is 0. The Morgan fingerprint density at radius 2 is 2.18 bits per heavy atom. The van der Waals surface area contributed by atoms with Crippen LogP contribution in [0.15, 0.2) is 12.2 Å². The van der Waals surface area contributed by atoms with Gasteiger partial charge < -0.3 is 4.74 Å². The van der Waals surface area contributed by atoms with Crippen molar-refractivity contribution in [1.82, 2.24) is 4.90 Å². The van der Waals surface area contributed by atoms with E-state index in [9.17, 15) is 4.79 Å². The molecular formula is C14H25NO2. The summed E-state index contributed by atoms with van der Waals surface area (Å²) in [5.74, 6) is 0.669. The topological polar surface area (TPSA) is 29.5 Å². The van der Waals surface area contributed by atoms with Gasteiger partial charge in [0.1, 0.15) is 0 Å². The van der Waals surface area contributed by atoms with Crippen molar-refractivity contribution in [3.63, 3.8) is 0 Å². The van der Waals surface area contributed by atoms with Crippen LogP contribution in [0.4, 0.5) is 0 Å². The Labute approximate surface area is 105 Å². The lowest BCUT2D eigenvalue weighted by Gasteiger charge is -2.17. The molecule has 0 saturated carbocycles. The molecule has 0 aromatic carbocycles. The van der Waals surface area contributed by atoms with E-state index in [0.29, 0.717) is 6.61 Å². The maximum absolute atomic E-state index is 11.1. The van der Waals surface area contributed by atoms with Crippen molar-refractivity contribution < 1.29 is 9.53 Å². The number of nitrogens with zero attached hydrogens (tertiary/aromatic N) is 1. The zero-order valence-electron chi connectivity index (χ0n) is 11.2. The van der Waals surface area contributed by atoms with Gasteiger partial charge in [-0.05, 0) is 45.2 Å². The number of hydrogen-bond donors (Lipinski definition) is 0. The zero-order valence-corrected chi connectivity index (χ0v) is 11.2. The molecule has 0 bridgehead atoms. The number of carbonyl (C=O) groups is 1. The minimum atomic E-state index is -0.228. The second-order valence-corrected chi connectivity index (χ2v) is 4.66. The Hall–Kier alpha value is -0.830. The smallest absolute Gasteiger partial charge is 0.330 e. The lowest BCUT2D eigenvalue weighted by molar-refractivity contribution is -0.137. The second kappa shape index (κ2) is 8.29. The van der Waals surface area contributed by atoms with Gasteiger partial charge in [0.05, 0.1) is 6.61 Å². The van der Waals surface area contributed by atoms with E-state index >= 15 is 0 Å². The quantitative estimate of drug-likeness (QED) is 0.545. The molecule has 0 N–H and O–H groups in total. The van der Waals surface area contributed by atoms with E-state index in [2.05, 4.69) is 11.8 Å². The van der Waals surface area contributed by atoms with E-state index < -0.39 is 0 Å². The molecule has 0 spiro atoms. The third kappa shape index (κ3) is 5.87. The largest absolute Gasteiger partial charge is 0.463 e. The number of hydrogen-bond acceptors (Lipinski definition) is 3. The molecule has 1 unspecified atom stereocenters. The van der Waals surface area contributed by atoms with Gasteiger partial charge in [0, 0.05) is 12.6 Å². The minimum absolute atomic E-state index is 0.228. The summed E-state index contributed by atoms with van der Waals surface area (Å²) in [6, 6.07) is 0. The normalized spacial score (nSPS) is 22.6. The van der Waals surface area contributed by atoms with Crippen LogP contribution < -0.4 is 0 Å². The molecule has 1 saturated heterocycles. The van der Waals surface area contributed by atoms with Crippen molar-refractivity contribution >= 4 is 5.97 Å². The molecule has 1 aliphatic rings. The summed E-state index contributed by atoms with van der Waals surface area (Å²) in [5, 5.41) is 0. The van der Waals surface area contributed by atoms with E-state index in [0.717, 1.165) is 25.6 Å². The fraction of sp³-hybridized carbons (Fsp3) is 0.786. The van der Waals surface area contributed by atoms with E-state index in [1.165, 1.54) is 25.7 Å². The second-order valence-electron chi connectivity index (χ2n) is 4.66. The van der Waals surface area contributed by atoms with Crippen molar-refractivity contribution in [2.75, 3.05) is 26.2 Å². The van der Waals surface area contributed by atoms with Crippen LogP contribution >= 0.6 is 0 Å². The summed E-state index contributed by atoms with van der Waals surface area (Å²) in [4.78, 5) is 13.5. The molecule has 3 heteroatoms. The highest BCUT2D eigenvalue weighted by molar-refractivity contribution is 5.81. The molecule has 0 amide bonds. The lowest BCUT2D eigenvalue weighted by Crippen LogP contribution is -2.25. The predicted octanol–water partition coefficient (Wildman–Crippen LogP) is 2.62. The fourth-order valence-electron chi connectivity index (χ4n) is 2.30. The number of rotatable bonds is 5. The number of esters is 1. The van der Waals surface area contributed by atoms with E-state index in [1.807, 2.05) is 13.0 Å². The molecule has 1 aliphatic heterocycles. The van der Waals surface area contributed by atoms with Crippen LogP contribution in [0.3, 0.4) is 0 Å². The zero-order chi connectivity index (χ0) is 12.5. The number of carbonyl (C=O) groups excluding carboxylic acids is 1. The van der Waals surface area contributed by atoms with Crippen LogP contribution in [0.25, 0.3) is 0 Å². The van der Waals surface area contributed by atoms with Crippen LogP contribution in [-0.4, -0.2) is 37.1 Å². The highest BCUT2D eigenvalue weighted by Gasteiger charge is 2.14. The monoisotopic (exact) mass is 239 g/mol. The third-order valence-electron chi connectivity index (χ3n) is 3.42. The van der Waals surface area contributed by atoms with E-state index in [-0.39, 0.29) is 5.97 Å². The Morgan fingerprint density at radius 1 is 1.35 bits per heavy atom. The van der Waals surface area contributed by atoms with Gasteiger partial charge in [-0.3, -0.25) is 4.90 Å². The van der Waals surface area contributed by atoms with Gasteiger partial charge in [-0.15, -0.1) is 0 Å². The first-order valence-corrected chi connectivity index (χ1v) is 6.81. The highest BCUT2D eigenvalue weighted by Crippen LogP contribution is 2.19. The molecule has 1 fully saturated rings. The Morgan fingerprint density at radius 3 is 2.88 bits per heavy atom. The molecule has 1 heterocycles. The van der Waals surface area contributed by atoms with Crippen molar-refractivity contribution in [2.45, 2.75) is 39.5 Å². The van der Waals surface area contributed by atoms with E-state index in [1.54, 1.807) is 6.08 Å². The van der Waals surface area contributed by atoms with Crippen LogP contribution in [-0.2, 0) is 9.53 Å². The average Bonchev–Trinajstić information content (AvgIpc) is 2.55. The molecule has 1 atom stereocenters. The Bertz CT molecular complexity index is 251. The predicted molar refractivity (Wildman–Crippen MR) is 69.8 cm³/mol. The summed E-state index contributed by atoms with van der Waals surface area (Å²) < 4.78 is 4.85. The summed E-state index contributed by atoms with van der Waals surface area (Å²) in [5.41, 5.74) is 0. The molecule has 98 valence electrons. The van der Waals surface area contributed by atoms with Crippen molar-refractivity contribution in [3.05, 3.63) is 12.2 Å². The molecule has 0 aliphatic carbocycles. The first kappa shape index (κ1) is 14.2. The number of likely N-dealkylation sites (tertiary alicyclic amines) is 1. The maximum Gasteiger partial charge on any atom is 0.330 e. The standard InChI is InChI=1S/C14H25NO2/c1-3-13-7-5-10-15(12-9-13)11-6-8-14(16)17-4-2/h6,8,13H,3-5,7,9-12H2,1-2H3/b8-6+. The average molecular weight is 239 g/mol. The fourth-order valence-corrected chi connectivity index (χ4v) is 2.30. The first-order chi connectivity index (χ1) is 8.26. The van der Waals surface area contributed by atoms with Gasteiger partial charge in [-0.2, -0.15) is 0 Å². The van der Waals surface area contributed by atoms with Crippen LogP contribution in [0.1, 0.15) is 39.5 Å². The molecule has 1 rings (SSSR count). The van der Waals surface area contributed by atoms with Gasteiger partial charge in [0.2, 0.25) is 0 Å². The maximum atomic E-state index is 11.1. The summed E-state index contributed by atoms with van der Waals surface area (Å²) in [6.45, 7) is 7.74. The van der Waals surface area contributed by atoms with Gasteiger partial charge in [0.25, 0.3) is 0 Å². The minimum Gasteiger partial charge on any atom is -0.463 e. The summed E-state index contributed by atoms with van der Waals surface area (Å²) in [7, 11) is 0. The molecule has 0 radical (unpaired) electrons. The van der Waals surface area contributed by atoms with Crippen molar-refractivity contribution in [1.29, 1.82) is 0 Å². The highest BCUT2D eigenvalue weighted by atomic mass is 16.5. The van der Waals surface area contributed by atoms with Gasteiger partial charge in [-0.25, -0.2) is 4.79 Å². The SMILES string of the molecule is CCOC(=O)/C=C/CN1CCCC(CC)CC1. The van der Waals surface area contributed by atoms with Crippen LogP contribution in [0, 0.1) is 5.92 Å². The van der Waals surface area contributed by atoms with Crippen molar-refractivity contribution in [2.24, 2.45) is 5.92 Å². The van der Waals surface area contributed by atoms with E-state index in [4.69, 9.17) is 4.74 Å². The molecule has 0 aromatic rings. The van der Waals surface area contributed by atoms with Crippen LogP contribution in [0.5, 0.6) is 0 Å². The third-order valence-corrected chi connectivity index (χ3v) is 3.42. The van der Waals surface area contributed by atoms with Gasteiger partial charge in [0.15, 0.2) is 0 Å². The van der Waals surface area contributed by atoms with Gasteiger partial charge >= 0.3 is 5.97 Å². The Kier molecular flexibility index (Phi) is 6.94. The van der Waals surface area contributed by atoms with Gasteiger partial charge in [-0.1, -0.05) is 19.4 Å². The lowest BCUT2D eigenvalue weighted by atomic mass is 9.98. The molecule has 0 aromatic heterocycles. The van der Waals surface area contributed by atoms with Crippen molar-refractivity contribution in [3.8, 4) is 0 Å². The molecule has 17 heavy (non-hydrogen) atoms. The van der Waals surface area contributed by atoms with Crippen LogP contribution in [0.2, 0.25) is 0 Å². The summed E-state index contributed by atoms with van der Waals surface area (Å²) in [6.07, 6.45) is 8.70. The molecule has 3 nitrogen and oxygen atoms in total. The Balaban J connectivity index is 2.25. The first-order valence-electron chi connectivity index (χ1n) is 6.81. The molecular weight excluding hydrogens is 214 g/mol.